The molecule has 7 nitrogen and oxygen atoms in total. The van der Waals surface area contributed by atoms with E-state index in [0.29, 0.717) is 0 Å². The topological polar surface area (TPSA) is 110 Å². The molecule has 2 aromatic rings. The molecule has 0 spiro atoms. The molecule has 24 heavy (non-hydrogen) atoms. The first-order chi connectivity index (χ1) is 11.3. The van der Waals surface area contributed by atoms with Crippen LogP contribution in [0.2, 0.25) is 0 Å². The summed E-state index contributed by atoms with van der Waals surface area (Å²) < 4.78 is 13.4. The first-order valence-corrected chi connectivity index (χ1v) is 6.93. The summed E-state index contributed by atoms with van der Waals surface area (Å²) in [6.07, 6.45) is -0.604. The number of ketones is 1. The predicted molar refractivity (Wildman–Crippen MR) is 81.0 cm³/mol. The van der Waals surface area contributed by atoms with Crippen LogP contribution >= 0.6 is 0 Å². The molecule has 0 saturated carbocycles. The highest BCUT2D eigenvalue weighted by Gasteiger charge is 2.47. The largest absolute Gasteiger partial charge is 0.375 e. The summed E-state index contributed by atoms with van der Waals surface area (Å²) in [4.78, 5) is 34.4. The fourth-order valence-electron chi connectivity index (χ4n) is 2.59. The standard InChI is InChI=1S/C16H11FN2O5/c17-10-3-6-13-12(7-10)16(22,15(21)18-13)8-14(20)9-1-4-11(5-2-9)19(23)24/h1-7,22H,8H2,(H,18,21). The minimum Gasteiger partial charge on any atom is -0.375 e. The fourth-order valence-corrected chi connectivity index (χ4v) is 2.59. The second kappa shape index (κ2) is 5.50. The van der Waals surface area contributed by atoms with E-state index in [1.54, 1.807) is 0 Å². The number of halogens is 1. The Bertz CT molecular complexity index is 865. The van der Waals surface area contributed by atoms with Gasteiger partial charge in [0.15, 0.2) is 11.4 Å². The Hall–Kier alpha value is -3.13. The van der Waals surface area contributed by atoms with E-state index >= 15 is 0 Å². The van der Waals surface area contributed by atoms with Crippen LogP contribution in [0.1, 0.15) is 22.3 Å². The summed E-state index contributed by atoms with van der Waals surface area (Å²) in [7, 11) is 0. The fraction of sp³-hybridized carbons (Fsp3) is 0.125. The van der Waals surface area contributed by atoms with Crippen LogP contribution in [-0.4, -0.2) is 21.7 Å². The highest BCUT2D eigenvalue weighted by Crippen LogP contribution is 2.39. The Labute approximate surface area is 134 Å². The van der Waals surface area contributed by atoms with Crippen molar-refractivity contribution in [1.29, 1.82) is 0 Å². The van der Waals surface area contributed by atoms with Gasteiger partial charge in [0.1, 0.15) is 5.82 Å². The molecule has 1 amide bonds. The number of amides is 1. The van der Waals surface area contributed by atoms with Crippen LogP contribution in [-0.2, 0) is 10.4 Å². The second-order valence-corrected chi connectivity index (χ2v) is 5.41. The van der Waals surface area contributed by atoms with Crippen LogP contribution in [0.3, 0.4) is 0 Å². The van der Waals surface area contributed by atoms with Gasteiger partial charge < -0.3 is 10.4 Å². The molecule has 2 aromatic carbocycles. The molecule has 0 bridgehead atoms. The predicted octanol–water partition coefficient (Wildman–Crippen LogP) is 2.15. The molecule has 3 rings (SSSR count). The number of nitro groups is 1. The minimum atomic E-state index is -2.18. The maximum absolute atomic E-state index is 13.4. The van der Waals surface area contributed by atoms with Crippen molar-refractivity contribution in [3.8, 4) is 0 Å². The van der Waals surface area contributed by atoms with Crippen LogP contribution in [0, 0.1) is 15.9 Å². The molecule has 0 aliphatic carbocycles. The zero-order valence-electron chi connectivity index (χ0n) is 12.2. The van der Waals surface area contributed by atoms with Gasteiger partial charge in [-0.2, -0.15) is 0 Å². The van der Waals surface area contributed by atoms with Crippen molar-refractivity contribution in [3.63, 3.8) is 0 Å². The Balaban J connectivity index is 1.90. The van der Waals surface area contributed by atoms with Gasteiger partial charge in [-0.25, -0.2) is 4.39 Å². The molecule has 0 radical (unpaired) electrons. The van der Waals surface area contributed by atoms with Crippen LogP contribution in [0.4, 0.5) is 15.8 Å². The van der Waals surface area contributed by atoms with Gasteiger partial charge in [0.2, 0.25) is 0 Å². The van der Waals surface area contributed by atoms with E-state index in [2.05, 4.69) is 5.32 Å². The molecule has 8 heteroatoms. The molecule has 1 aliphatic heterocycles. The Morgan fingerprint density at radius 3 is 2.54 bits per heavy atom. The SMILES string of the molecule is O=C(CC1(O)C(=O)Nc2ccc(F)cc21)c1ccc([N+](=O)[O-])cc1. The van der Waals surface area contributed by atoms with Crippen LogP contribution in [0.5, 0.6) is 0 Å². The number of carbonyl (C=O) groups excluding carboxylic acids is 2. The van der Waals surface area contributed by atoms with E-state index in [1.807, 2.05) is 0 Å². The van der Waals surface area contributed by atoms with Gasteiger partial charge in [0.05, 0.1) is 11.3 Å². The maximum atomic E-state index is 13.4. The minimum absolute atomic E-state index is 0.0113. The number of hydrogen-bond acceptors (Lipinski definition) is 5. The first-order valence-electron chi connectivity index (χ1n) is 6.93. The molecule has 1 aliphatic rings. The molecule has 1 unspecified atom stereocenters. The Morgan fingerprint density at radius 2 is 1.92 bits per heavy atom. The zero-order chi connectivity index (χ0) is 17.5. The summed E-state index contributed by atoms with van der Waals surface area (Å²) in [6, 6.07) is 8.21. The van der Waals surface area contributed by atoms with Gasteiger partial charge in [-0.15, -0.1) is 0 Å². The third kappa shape index (κ3) is 2.52. The summed E-state index contributed by atoms with van der Waals surface area (Å²) in [5.41, 5.74) is -2.04. The van der Waals surface area contributed by atoms with Gasteiger partial charge in [-0.1, -0.05) is 0 Å². The van der Waals surface area contributed by atoms with Crippen molar-refractivity contribution in [2.45, 2.75) is 12.0 Å². The maximum Gasteiger partial charge on any atom is 0.269 e. The summed E-state index contributed by atoms with van der Waals surface area (Å²) in [6.45, 7) is 0. The molecule has 122 valence electrons. The quantitative estimate of drug-likeness (QED) is 0.507. The number of anilines is 1. The number of nitrogens with zero attached hydrogens (tertiary/aromatic N) is 1. The van der Waals surface area contributed by atoms with Gasteiger partial charge in [0, 0.05) is 28.9 Å². The molecular weight excluding hydrogens is 319 g/mol. The summed E-state index contributed by atoms with van der Waals surface area (Å²) in [5, 5.41) is 23.6. The van der Waals surface area contributed by atoms with E-state index < -0.39 is 34.5 Å². The molecule has 1 heterocycles. The number of nitro benzene ring substituents is 1. The third-order valence-electron chi connectivity index (χ3n) is 3.87. The van der Waals surface area contributed by atoms with E-state index in [4.69, 9.17) is 0 Å². The van der Waals surface area contributed by atoms with Crippen molar-refractivity contribution in [3.05, 3.63) is 69.5 Å². The summed E-state index contributed by atoms with van der Waals surface area (Å²) in [5.74, 6) is -2.07. The van der Waals surface area contributed by atoms with Gasteiger partial charge >= 0.3 is 0 Å². The molecule has 0 aromatic heterocycles. The molecule has 2 N–H and O–H groups in total. The average Bonchev–Trinajstić information content (AvgIpc) is 2.78. The van der Waals surface area contributed by atoms with E-state index in [-0.39, 0.29) is 22.5 Å². The van der Waals surface area contributed by atoms with Crippen molar-refractivity contribution < 1.29 is 24.0 Å². The summed E-state index contributed by atoms with van der Waals surface area (Å²) >= 11 is 0. The molecule has 0 fully saturated rings. The van der Waals surface area contributed by atoms with Gasteiger partial charge in [0.25, 0.3) is 11.6 Å². The van der Waals surface area contributed by atoms with Crippen molar-refractivity contribution in [1.82, 2.24) is 0 Å². The average molecular weight is 330 g/mol. The highest BCUT2D eigenvalue weighted by atomic mass is 19.1. The number of carbonyl (C=O) groups is 2. The van der Waals surface area contributed by atoms with Crippen molar-refractivity contribution >= 4 is 23.1 Å². The number of nitrogens with one attached hydrogen (secondary N) is 1. The third-order valence-corrected chi connectivity index (χ3v) is 3.87. The molecule has 0 saturated heterocycles. The second-order valence-electron chi connectivity index (χ2n) is 5.41. The number of aliphatic hydroxyl groups is 1. The lowest BCUT2D eigenvalue weighted by Crippen LogP contribution is -2.36. The smallest absolute Gasteiger partial charge is 0.269 e. The normalized spacial score (nSPS) is 18.8. The highest BCUT2D eigenvalue weighted by molar-refractivity contribution is 6.09. The Kier molecular flexibility index (Phi) is 3.61. The van der Waals surface area contributed by atoms with Crippen LogP contribution < -0.4 is 5.32 Å². The van der Waals surface area contributed by atoms with Crippen LogP contribution in [0.15, 0.2) is 42.5 Å². The number of hydrogen-bond donors (Lipinski definition) is 2. The monoisotopic (exact) mass is 330 g/mol. The number of rotatable bonds is 4. The lowest BCUT2D eigenvalue weighted by atomic mass is 9.88. The van der Waals surface area contributed by atoms with Crippen molar-refractivity contribution in [2.24, 2.45) is 0 Å². The zero-order valence-corrected chi connectivity index (χ0v) is 12.2. The lowest BCUT2D eigenvalue weighted by molar-refractivity contribution is -0.384. The number of benzene rings is 2. The van der Waals surface area contributed by atoms with Gasteiger partial charge in [-0.3, -0.25) is 19.7 Å². The van der Waals surface area contributed by atoms with E-state index in [0.717, 1.165) is 24.3 Å². The lowest BCUT2D eigenvalue weighted by Gasteiger charge is -2.20. The van der Waals surface area contributed by atoms with Gasteiger partial charge in [-0.05, 0) is 30.3 Å². The van der Waals surface area contributed by atoms with Crippen LogP contribution in [0.25, 0.3) is 0 Å². The van der Waals surface area contributed by atoms with E-state index in [1.165, 1.54) is 18.2 Å². The van der Waals surface area contributed by atoms with E-state index in [9.17, 15) is 29.2 Å². The number of non-ortho nitro benzene ring substituents is 1. The number of fused-ring (bicyclic) bond motifs is 1. The first kappa shape index (κ1) is 15.8. The number of Topliss-reactive ketones (excluding diaryl/α,β-unsaturated/α-hetero) is 1. The molecular formula is C16H11FN2O5. The Morgan fingerprint density at radius 1 is 1.25 bits per heavy atom. The molecule has 1 atom stereocenters. The van der Waals surface area contributed by atoms with Crippen molar-refractivity contribution in [2.75, 3.05) is 5.32 Å².